The van der Waals surface area contributed by atoms with E-state index in [0.717, 1.165) is 29.7 Å². The number of amides is 1. The summed E-state index contributed by atoms with van der Waals surface area (Å²) in [5.74, 6) is 0.294. The molecule has 1 aromatic carbocycles. The van der Waals surface area contributed by atoms with Gasteiger partial charge in [-0.3, -0.25) is 4.79 Å². The average molecular weight is 460 g/mol. The lowest BCUT2D eigenvalue weighted by Crippen LogP contribution is -2.26. The van der Waals surface area contributed by atoms with Gasteiger partial charge in [0.15, 0.2) is 0 Å². The number of carbonyl (C=O) groups is 2. The molecular weight excluding hydrogens is 426 g/mol. The van der Waals surface area contributed by atoms with Crippen LogP contribution in [0.2, 0.25) is 0 Å². The average Bonchev–Trinajstić information content (AvgIpc) is 3.12. The molecule has 1 N–H and O–H groups in total. The van der Waals surface area contributed by atoms with Gasteiger partial charge in [-0.2, -0.15) is 0 Å². The highest BCUT2D eigenvalue weighted by atomic mass is 32.1. The van der Waals surface area contributed by atoms with Crippen LogP contribution in [-0.2, 0) is 22.3 Å². The summed E-state index contributed by atoms with van der Waals surface area (Å²) in [7, 11) is 1.38. The monoisotopic (exact) mass is 459 g/mol. The number of anilines is 1. The molecule has 1 unspecified atom stereocenters. The predicted molar refractivity (Wildman–Crippen MR) is 127 cm³/mol. The van der Waals surface area contributed by atoms with E-state index in [2.05, 4.69) is 26.1 Å². The third-order valence-electron chi connectivity index (χ3n) is 5.93. The van der Waals surface area contributed by atoms with Crippen LogP contribution >= 0.6 is 11.3 Å². The zero-order chi connectivity index (χ0) is 23.3. The number of para-hydroxylation sites is 1. The lowest BCUT2D eigenvalue weighted by atomic mass is 9.72. The zero-order valence-electron chi connectivity index (χ0n) is 19.6. The zero-order valence-corrected chi connectivity index (χ0v) is 20.4. The Morgan fingerprint density at radius 1 is 1.19 bits per heavy atom. The molecule has 0 spiro atoms. The van der Waals surface area contributed by atoms with Crippen molar-refractivity contribution in [3.05, 3.63) is 45.8 Å². The fourth-order valence-corrected chi connectivity index (χ4v) is 5.35. The lowest BCUT2D eigenvalue weighted by Gasteiger charge is -2.33. The first-order chi connectivity index (χ1) is 15.3. The van der Waals surface area contributed by atoms with Crippen molar-refractivity contribution in [1.82, 2.24) is 0 Å². The lowest BCUT2D eigenvalue weighted by molar-refractivity contribution is 0.0600. The normalized spacial score (nSPS) is 15.7. The Kier molecular flexibility index (Phi) is 7.96. The Labute approximate surface area is 194 Å². The number of ether oxygens (including phenoxy) is 3. The first-order valence-corrected chi connectivity index (χ1v) is 11.9. The molecule has 0 aliphatic heterocycles. The fraction of sp³-hybridized carbons (Fsp3) is 0.520. The van der Waals surface area contributed by atoms with E-state index in [1.807, 2.05) is 13.0 Å². The molecule has 6 nitrogen and oxygen atoms in total. The Hall–Kier alpha value is -2.38. The summed E-state index contributed by atoms with van der Waals surface area (Å²) in [5.41, 5.74) is 2.11. The van der Waals surface area contributed by atoms with Crippen LogP contribution in [0.15, 0.2) is 24.3 Å². The van der Waals surface area contributed by atoms with Crippen molar-refractivity contribution in [2.24, 2.45) is 11.3 Å². The smallest absolute Gasteiger partial charge is 0.341 e. The second-order valence-corrected chi connectivity index (χ2v) is 10.1. The SMILES string of the molecule is CCOCCOc1ccccc1C(=O)Nc1sc2c(c1C(=O)OC)CCC(C(C)(C)C)C2. The first kappa shape index (κ1) is 24.3. The molecule has 32 heavy (non-hydrogen) atoms. The molecule has 0 saturated carbocycles. The van der Waals surface area contributed by atoms with Gasteiger partial charge in [0.25, 0.3) is 5.91 Å². The molecule has 1 amide bonds. The van der Waals surface area contributed by atoms with Crippen LogP contribution in [0.5, 0.6) is 5.75 Å². The Bertz CT molecular complexity index is 960. The maximum Gasteiger partial charge on any atom is 0.341 e. The van der Waals surface area contributed by atoms with Crippen molar-refractivity contribution in [2.45, 2.75) is 47.0 Å². The summed E-state index contributed by atoms with van der Waals surface area (Å²) in [5, 5.41) is 3.51. The summed E-state index contributed by atoms with van der Waals surface area (Å²) >= 11 is 1.49. The van der Waals surface area contributed by atoms with Crippen LogP contribution in [0.3, 0.4) is 0 Å². The molecule has 0 fully saturated rings. The third kappa shape index (κ3) is 5.51. The van der Waals surface area contributed by atoms with E-state index < -0.39 is 5.97 Å². The Morgan fingerprint density at radius 2 is 1.94 bits per heavy atom. The van der Waals surface area contributed by atoms with Crippen LogP contribution in [0.1, 0.15) is 65.3 Å². The molecule has 1 aromatic heterocycles. The van der Waals surface area contributed by atoms with Crippen LogP contribution < -0.4 is 10.1 Å². The van der Waals surface area contributed by atoms with Crippen LogP contribution in [0.25, 0.3) is 0 Å². The molecule has 7 heteroatoms. The Balaban J connectivity index is 1.86. The van der Waals surface area contributed by atoms with Gasteiger partial charge >= 0.3 is 5.97 Å². The molecule has 0 bridgehead atoms. The number of carbonyl (C=O) groups excluding carboxylic acids is 2. The number of thiophene rings is 1. The summed E-state index contributed by atoms with van der Waals surface area (Å²) in [6.07, 6.45) is 2.73. The minimum atomic E-state index is -0.409. The van der Waals surface area contributed by atoms with Gasteiger partial charge in [-0.25, -0.2) is 4.79 Å². The van der Waals surface area contributed by atoms with Crippen molar-refractivity contribution in [3.63, 3.8) is 0 Å². The van der Waals surface area contributed by atoms with Gasteiger partial charge in [-0.05, 0) is 55.2 Å². The van der Waals surface area contributed by atoms with E-state index in [-0.39, 0.29) is 11.3 Å². The number of esters is 1. The van der Waals surface area contributed by atoms with Crippen molar-refractivity contribution in [1.29, 1.82) is 0 Å². The van der Waals surface area contributed by atoms with E-state index in [4.69, 9.17) is 14.2 Å². The molecule has 174 valence electrons. The number of hydrogen-bond acceptors (Lipinski definition) is 6. The molecule has 1 aliphatic carbocycles. The maximum absolute atomic E-state index is 13.2. The summed E-state index contributed by atoms with van der Waals surface area (Å²) < 4.78 is 16.1. The topological polar surface area (TPSA) is 73.9 Å². The van der Waals surface area contributed by atoms with Gasteiger partial charge in [-0.1, -0.05) is 32.9 Å². The Morgan fingerprint density at radius 3 is 2.62 bits per heavy atom. The van der Waals surface area contributed by atoms with Crippen molar-refractivity contribution in [3.8, 4) is 5.75 Å². The highest BCUT2D eigenvalue weighted by Gasteiger charge is 2.34. The number of methoxy groups -OCH3 is 1. The second-order valence-electron chi connectivity index (χ2n) is 9.00. The standard InChI is InChI=1S/C25H33NO5S/c1-6-30-13-14-31-19-10-8-7-9-17(19)22(27)26-23-21(24(28)29-5)18-12-11-16(25(2,3)4)15-20(18)32-23/h7-10,16H,6,11-15H2,1-5H3,(H,26,27). The predicted octanol–water partition coefficient (Wildman–Crippen LogP) is 5.35. The molecule has 1 heterocycles. The minimum absolute atomic E-state index is 0.189. The number of rotatable bonds is 8. The second kappa shape index (κ2) is 10.5. The summed E-state index contributed by atoms with van der Waals surface area (Å²) in [6, 6.07) is 7.09. The summed E-state index contributed by atoms with van der Waals surface area (Å²) in [6.45, 7) is 10.1. The molecule has 2 aromatic rings. The molecule has 0 saturated heterocycles. The summed E-state index contributed by atoms with van der Waals surface area (Å²) in [4.78, 5) is 26.9. The number of fused-ring (bicyclic) bond motifs is 1. The van der Waals surface area contributed by atoms with Gasteiger partial charge in [0.2, 0.25) is 0 Å². The highest BCUT2D eigenvalue weighted by molar-refractivity contribution is 7.17. The van der Waals surface area contributed by atoms with E-state index in [1.54, 1.807) is 18.2 Å². The van der Waals surface area contributed by atoms with E-state index in [9.17, 15) is 9.59 Å². The number of hydrogen-bond donors (Lipinski definition) is 1. The largest absolute Gasteiger partial charge is 0.490 e. The van der Waals surface area contributed by atoms with Crippen molar-refractivity contribution in [2.75, 3.05) is 32.2 Å². The van der Waals surface area contributed by atoms with E-state index >= 15 is 0 Å². The van der Waals surface area contributed by atoms with Crippen LogP contribution in [0.4, 0.5) is 5.00 Å². The van der Waals surface area contributed by atoms with Crippen LogP contribution in [-0.4, -0.2) is 38.8 Å². The molecular formula is C25H33NO5S. The quantitative estimate of drug-likeness (QED) is 0.425. The third-order valence-corrected chi connectivity index (χ3v) is 7.10. The highest BCUT2D eigenvalue weighted by Crippen LogP contribution is 2.44. The van der Waals surface area contributed by atoms with Crippen molar-refractivity contribution >= 4 is 28.2 Å². The van der Waals surface area contributed by atoms with Gasteiger partial charge in [0, 0.05) is 11.5 Å². The molecule has 1 atom stereocenters. The maximum atomic E-state index is 13.2. The van der Waals surface area contributed by atoms with Gasteiger partial charge in [-0.15, -0.1) is 11.3 Å². The van der Waals surface area contributed by atoms with E-state index in [1.165, 1.54) is 18.4 Å². The minimum Gasteiger partial charge on any atom is -0.490 e. The van der Waals surface area contributed by atoms with Crippen molar-refractivity contribution < 1.29 is 23.8 Å². The number of nitrogens with one attached hydrogen (secondary N) is 1. The van der Waals surface area contributed by atoms with E-state index in [0.29, 0.717) is 47.6 Å². The van der Waals surface area contributed by atoms with Gasteiger partial charge in [0.1, 0.15) is 17.4 Å². The van der Waals surface area contributed by atoms with Gasteiger partial charge in [0.05, 0.1) is 24.8 Å². The molecule has 1 aliphatic rings. The van der Waals surface area contributed by atoms with Gasteiger partial charge < -0.3 is 19.5 Å². The fourth-order valence-electron chi connectivity index (χ4n) is 4.04. The molecule has 3 rings (SSSR count). The van der Waals surface area contributed by atoms with Crippen LogP contribution in [0, 0.1) is 11.3 Å². The number of benzene rings is 1. The molecule has 0 radical (unpaired) electrons. The first-order valence-electron chi connectivity index (χ1n) is 11.1.